The van der Waals surface area contributed by atoms with Gasteiger partial charge in [-0.1, -0.05) is 13.8 Å². The second kappa shape index (κ2) is 7.45. The van der Waals surface area contributed by atoms with Crippen LogP contribution >= 0.6 is 0 Å². The fourth-order valence-corrected chi connectivity index (χ4v) is 1.70. The van der Waals surface area contributed by atoms with Gasteiger partial charge in [-0.3, -0.25) is 0 Å². The van der Waals surface area contributed by atoms with Crippen molar-refractivity contribution in [2.45, 2.75) is 33.2 Å². The molecule has 0 aliphatic heterocycles. The van der Waals surface area contributed by atoms with Crippen LogP contribution in [0.3, 0.4) is 0 Å². The highest BCUT2D eigenvalue weighted by Gasteiger charge is 2.16. The molecule has 98 valence electrons. The molecule has 0 spiro atoms. The van der Waals surface area contributed by atoms with Gasteiger partial charge in [-0.2, -0.15) is 0 Å². The number of hydrogen-bond donors (Lipinski definition) is 1. The molecule has 1 aromatic heterocycles. The van der Waals surface area contributed by atoms with Crippen molar-refractivity contribution in [2.75, 3.05) is 26.8 Å². The lowest BCUT2D eigenvalue weighted by Crippen LogP contribution is -2.31. The highest BCUT2D eigenvalue weighted by Crippen LogP contribution is 2.18. The first kappa shape index (κ1) is 14.2. The third-order valence-corrected chi connectivity index (χ3v) is 2.92. The Balaban J connectivity index is 2.03. The van der Waals surface area contributed by atoms with E-state index in [0.29, 0.717) is 5.41 Å². The van der Waals surface area contributed by atoms with Crippen molar-refractivity contribution in [1.82, 2.24) is 14.9 Å². The average Bonchev–Trinajstić information content (AvgIpc) is 2.79. The lowest BCUT2D eigenvalue weighted by atomic mass is 9.90. The minimum atomic E-state index is 0.311. The summed E-state index contributed by atoms with van der Waals surface area (Å²) in [5, 5.41) is 3.51. The Bertz CT molecular complexity index is 283. The van der Waals surface area contributed by atoms with Gasteiger partial charge in [-0.15, -0.1) is 0 Å². The topological polar surface area (TPSA) is 39.1 Å². The summed E-state index contributed by atoms with van der Waals surface area (Å²) in [5.41, 5.74) is 0.311. The number of aryl methyl sites for hydroxylation is 1. The van der Waals surface area contributed by atoms with E-state index in [0.717, 1.165) is 39.1 Å². The third kappa shape index (κ3) is 6.44. The zero-order valence-electron chi connectivity index (χ0n) is 11.3. The number of nitrogens with zero attached hydrogens (tertiary/aromatic N) is 2. The summed E-state index contributed by atoms with van der Waals surface area (Å²) in [7, 11) is 1.76. The molecular formula is C13H25N3O. The van der Waals surface area contributed by atoms with E-state index in [9.17, 15) is 0 Å². The van der Waals surface area contributed by atoms with Gasteiger partial charge in [0.15, 0.2) is 0 Å². The monoisotopic (exact) mass is 239 g/mol. The molecule has 0 saturated heterocycles. The number of imidazole rings is 1. The normalized spacial score (nSPS) is 11.9. The van der Waals surface area contributed by atoms with E-state index in [4.69, 9.17) is 4.74 Å². The van der Waals surface area contributed by atoms with Crippen LogP contribution in [0.2, 0.25) is 0 Å². The molecule has 0 aliphatic rings. The molecule has 17 heavy (non-hydrogen) atoms. The molecule has 0 aliphatic carbocycles. The Labute approximate surface area is 104 Å². The van der Waals surface area contributed by atoms with Crippen molar-refractivity contribution >= 4 is 0 Å². The van der Waals surface area contributed by atoms with Crippen LogP contribution in [0.4, 0.5) is 0 Å². The SMILES string of the molecule is COCCC(C)(C)CNCCCn1ccnc1. The average molecular weight is 239 g/mol. The molecule has 0 radical (unpaired) electrons. The van der Waals surface area contributed by atoms with Crippen molar-refractivity contribution in [3.63, 3.8) is 0 Å². The summed E-state index contributed by atoms with van der Waals surface area (Å²) in [6, 6.07) is 0. The molecule has 1 rings (SSSR count). The van der Waals surface area contributed by atoms with Gasteiger partial charge in [-0.05, 0) is 24.8 Å². The third-order valence-electron chi connectivity index (χ3n) is 2.92. The van der Waals surface area contributed by atoms with E-state index in [1.807, 2.05) is 18.7 Å². The van der Waals surface area contributed by atoms with Crippen LogP contribution in [0.15, 0.2) is 18.7 Å². The Morgan fingerprint density at radius 3 is 2.88 bits per heavy atom. The molecule has 1 N–H and O–H groups in total. The van der Waals surface area contributed by atoms with Crippen molar-refractivity contribution in [3.8, 4) is 0 Å². The first-order chi connectivity index (χ1) is 8.14. The fraction of sp³-hybridized carbons (Fsp3) is 0.769. The maximum absolute atomic E-state index is 5.12. The standard InChI is InChI=1S/C13H25N3O/c1-13(2,5-10-17-3)11-14-6-4-8-16-9-7-15-12-16/h7,9,12,14H,4-6,8,10-11H2,1-3H3. The summed E-state index contributed by atoms with van der Waals surface area (Å²) >= 11 is 0. The van der Waals surface area contributed by atoms with Crippen LogP contribution in [-0.2, 0) is 11.3 Å². The highest BCUT2D eigenvalue weighted by molar-refractivity contribution is 4.74. The molecule has 0 saturated carbocycles. The molecule has 0 fully saturated rings. The van der Waals surface area contributed by atoms with Gasteiger partial charge in [0.1, 0.15) is 0 Å². The summed E-state index contributed by atoms with van der Waals surface area (Å²) in [6.45, 7) is 8.51. The molecule has 0 aromatic carbocycles. The number of methoxy groups -OCH3 is 1. The van der Waals surface area contributed by atoms with Gasteiger partial charge in [0.2, 0.25) is 0 Å². The maximum atomic E-state index is 5.12. The molecule has 0 bridgehead atoms. The molecule has 4 nitrogen and oxygen atoms in total. The summed E-state index contributed by atoms with van der Waals surface area (Å²) in [5.74, 6) is 0. The Morgan fingerprint density at radius 2 is 2.24 bits per heavy atom. The second-order valence-corrected chi connectivity index (χ2v) is 5.24. The predicted octanol–water partition coefficient (Wildman–Crippen LogP) is 1.93. The molecule has 1 heterocycles. The van der Waals surface area contributed by atoms with Crippen LogP contribution < -0.4 is 5.32 Å². The number of rotatable bonds is 9. The van der Waals surface area contributed by atoms with E-state index < -0.39 is 0 Å². The van der Waals surface area contributed by atoms with Gasteiger partial charge in [-0.25, -0.2) is 4.98 Å². The number of ether oxygens (including phenoxy) is 1. The molecule has 0 unspecified atom stereocenters. The minimum absolute atomic E-state index is 0.311. The van der Waals surface area contributed by atoms with Gasteiger partial charge < -0.3 is 14.6 Å². The van der Waals surface area contributed by atoms with Crippen molar-refractivity contribution in [2.24, 2.45) is 5.41 Å². The van der Waals surface area contributed by atoms with Crippen molar-refractivity contribution in [3.05, 3.63) is 18.7 Å². The molecule has 0 amide bonds. The molecular weight excluding hydrogens is 214 g/mol. The number of hydrogen-bond acceptors (Lipinski definition) is 3. The molecule has 0 atom stereocenters. The minimum Gasteiger partial charge on any atom is -0.385 e. The first-order valence-corrected chi connectivity index (χ1v) is 6.29. The maximum Gasteiger partial charge on any atom is 0.0945 e. The van der Waals surface area contributed by atoms with E-state index in [-0.39, 0.29) is 0 Å². The Kier molecular flexibility index (Phi) is 6.22. The summed E-state index contributed by atoms with van der Waals surface area (Å²) < 4.78 is 7.22. The van der Waals surface area contributed by atoms with Crippen molar-refractivity contribution < 1.29 is 4.74 Å². The second-order valence-electron chi connectivity index (χ2n) is 5.24. The van der Waals surface area contributed by atoms with E-state index in [1.54, 1.807) is 7.11 Å². The van der Waals surface area contributed by atoms with Gasteiger partial charge in [0.25, 0.3) is 0 Å². The van der Waals surface area contributed by atoms with Crippen LogP contribution in [0.1, 0.15) is 26.7 Å². The Hall–Kier alpha value is -0.870. The van der Waals surface area contributed by atoms with Crippen LogP contribution in [0.5, 0.6) is 0 Å². The first-order valence-electron chi connectivity index (χ1n) is 6.29. The van der Waals surface area contributed by atoms with E-state index in [1.165, 1.54) is 0 Å². The van der Waals surface area contributed by atoms with Crippen LogP contribution in [0, 0.1) is 5.41 Å². The zero-order valence-corrected chi connectivity index (χ0v) is 11.3. The van der Waals surface area contributed by atoms with Gasteiger partial charge in [0, 0.05) is 39.2 Å². The fourth-order valence-electron chi connectivity index (χ4n) is 1.70. The zero-order chi connectivity index (χ0) is 12.6. The molecule has 1 aromatic rings. The largest absolute Gasteiger partial charge is 0.385 e. The molecule has 4 heteroatoms. The number of nitrogens with one attached hydrogen (secondary N) is 1. The van der Waals surface area contributed by atoms with Crippen molar-refractivity contribution in [1.29, 1.82) is 0 Å². The lowest BCUT2D eigenvalue weighted by molar-refractivity contribution is 0.151. The smallest absolute Gasteiger partial charge is 0.0945 e. The van der Waals surface area contributed by atoms with Gasteiger partial charge in [0.05, 0.1) is 6.33 Å². The van der Waals surface area contributed by atoms with E-state index >= 15 is 0 Å². The predicted molar refractivity (Wildman–Crippen MR) is 70.0 cm³/mol. The van der Waals surface area contributed by atoms with Crippen LogP contribution in [-0.4, -0.2) is 36.4 Å². The van der Waals surface area contributed by atoms with Crippen LogP contribution in [0.25, 0.3) is 0 Å². The quantitative estimate of drug-likeness (QED) is 0.669. The summed E-state index contributed by atoms with van der Waals surface area (Å²) in [6.07, 6.45) is 7.92. The highest BCUT2D eigenvalue weighted by atomic mass is 16.5. The lowest BCUT2D eigenvalue weighted by Gasteiger charge is -2.24. The number of aromatic nitrogens is 2. The Morgan fingerprint density at radius 1 is 1.41 bits per heavy atom. The van der Waals surface area contributed by atoms with Gasteiger partial charge >= 0.3 is 0 Å². The van der Waals surface area contributed by atoms with E-state index in [2.05, 4.69) is 28.7 Å². The summed E-state index contributed by atoms with van der Waals surface area (Å²) in [4.78, 5) is 4.02.